The maximum absolute atomic E-state index is 11.7. The second kappa shape index (κ2) is 5.72. The second-order valence-electron chi connectivity index (χ2n) is 4.69. The van der Waals surface area contributed by atoms with Crippen molar-refractivity contribution in [2.24, 2.45) is 0 Å². The predicted octanol–water partition coefficient (Wildman–Crippen LogP) is 2.11. The van der Waals surface area contributed by atoms with Crippen molar-refractivity contribution < 1.29 is 19.4 Å². The molecule has 94 valence electrons. The Balaban J connectivity index is 4.80. The van der Waals surface area contributed by atoms with E-state index in [0.717, 1.165) is 0 Å². The van der Waals surface area contributed by atoms with E-state index in [1.807, 2.05) is 20.8 Å². The van der Waals surface area contributed by atoms with Crippen molar-refractivity contribution in [2.45, 2.75) is 52.6 Å². The van der Waals surface area contributed by atoms with Gasteiger partial charge in [-0.1, -0.05) is 0 Å². The van der Waals surface area contributed by atoms with Crippen molar-refractivity contribution in [3.8, 4) is 0 Å². The van der Waals surface area contributed by atoms with Crippen LogP contribution in [0.1, 0.15) is 41.0 Å². The summed E-state index contributed by atoms with van der Waals surface area (Å²) >= 11 is 0. The lowest BCUT2D eigenvalue weighted by Gasteiger charge is -2.38. The summed E-state index contributed by atoms with van der Waals surface area (Å²) in [4.78, 5) is 23.8. The molecule has 0 spiro atoms. The first-order chi connectivity index (χ1) is 7.20. The predicted molar refractivity (Wildman–Crippen MR) is 60.3 cm³/mol. The number of carbonyl (C=O) groups excluding carboxylic acids is 1. The quantitative estimate of drug-likeness (QED) is 0.804. The lowest BCUT2D eigenvalue weighted by atomic mass is 10.0. The zero-order chi connectivity index (χ0) is 12.9. The second-order valence-corrected chi connectivity index (χ2v) is 4.69. The Labute approximate surface area is 96.4 Å². The smallest absolute Gasteiger partial charge is 0.410 e. The summed E-state index contributed by atoms with van der Waals surface area (Å²) in [5, 5.41) is 8.73. The van der Waals surface area contributed by atoms with Gasteiger partial charge >= 0.3 is 12.1 Å². The number of carbonyl (C=O) groups is 2. The van der Waals surface area contributed by atoms with E-state index in [4.69, 9.17) is 9.84 Å². The molecule has 16 heavy (non-hydrogen) atoms. The number of aliphatic carboxylic acids is 1. The molecule has 0 aromatic rings. The van der Waals surface area contributed by atoms with E-state index >= 15 is 0 Å². The van der Waals surface area contributed by atoms with Gasteiger partial charge < -0.3 is 14.7 Å². The highest BCUT2D eigenvalue weighted by molar-refractivity contribution is 5.72. The molecule has 1 atom stereocenters. The van der Waals surface area contributed by atoms with Crippen molar-refractivity contribution in [3.63, 3.8) is 0 Å². The van der Waals surface area contributed by atoms with Crippen LogP contribution in [-0.4, -0.2) is 40.3 Å². The first-order valence-electron chi connectivity index (χ1n) is 5.38. The van der Waals surface area contributed by atoms with Crippen molar-refractivity contribution in [1.29, 1.82) is 0 Å². The van der Waals surface area contributed by atoms with E-state index in [1.165, 1.54) is 4.90 Å². The van der Waals surface area contributed by atoms with Gasteiger partial charge in [-0.2, -0.15) is 0 Å². The lowest BCUT2D eigenvalue weighted by molar-refractivity contribution is -0.138. The third-order valence-electron chi connectivity index (χ3n) is 2.10. The van der Waals surface area contributed by atoms with Crippen LogP contribution in [0.2, 0.25) is 0 Å². The molecule has 0 radical (unpaired) electrons. The highest BCUT2D eigenvalue weighted by Crippen LogP contribution is 2.20. The normalized spacial score (nSPS) is 13.1. The fourth-order valence-electron chi connectivity index (χ4n) is 1.65. The Morgan fingerprint density at radius 2 is 1.88 bits per heavy atom. The Hall–Kier alpha value is -1.26. The number of carboxylic acid groups (broad SMARTS) is 1. The molecular weight excluding hydrogens is 210 g/mol. The molecular formula is C11H21NO4. The molecule has 0 bridgehead atoms. The Morgan fingerprint density at radius 3 is 2.19 bits per heavy atom. The molecule has 1 amide bonds. The van der Waals surface area contributed by atoms with Crippen LogP contribution in [0, 0.1) is 0 Å². The Morgan fingerprint density at radius 1 is 1.38 bits per heavy atom. The SMILES string of the molecule is CCOC(=O)N(C(C)CC(=O)O)C(C)(C)C. The van der Waals surface area contributed by atoms with E-state index in [-0.39, 0.29) is 13.0 Å². The van der Waals surface area contributed by atoms with E-state index < -0.39 is 23.6 Å². The fourth-order valence-corrected chi connectivity index (χ4v) is 1.65. The van der Waals surface area contributed by atoms with Gasteiger partial charge in [-0.15, -0.1) is 0 Å². The van der Waals surface area contributed by atoms with Crippen LogP contribution in [0.25, 0.3) is 0 Å². The van der Waals surface area contributed by atoms with Gasteiger partial charge in [0.1, 0.15) is 0 Å². The van der Waals surface area contributed by atoms with Crippen LogP contribution < -0.4 is 0 Å². The average Bonchev–Trinajstić information content (AvgIpc) is 1.99. The van der Waals surface area contributed by atoms with Gasteiger partial charge in [0.05, 0.1) is 13.0 Å². The van der Waals surface area contributed by atoms with Crippen LogP contribution in [0.4, 0.5) is 4.79 Å². The van der Waals surface area contributed by atoms with Gasteiger partial charge in [0.25, 0.3) is 0 Å². The Bertz CT molecular complexity index is 257. The average molecular weight is 231 g/mol. The van der Waals surface area contributed by atoms with Gasteiger partial charge in [-0.3, -0.25) is 4.79 Å². The highest BCUT2D eigenvalue weighted by atomic mass is 16.6. The van der Waals surface area contributed by atoms with Gasteiger partial charge in [-0.05, 0) is 34.6 Å². The van der Waals surface area contributed by atoms with Crippen LogP contribution in [-0.2, 0) is 9.53 Å². The molecule has 0 saturated heterocycles. The number of hydrogen-bond acceptors (Lipinski definition) is 3. The molecule has 1 unspecified atom stereocenters. The van der Waals surface area contributed by atoms with Gasteiger partial charge in [0, 0.05) is 11.6 Å². The monoisotopic (exact) mass is 231 g/mol. The number of ether oxygens (including phenoxy) is 1. The third-order valence-corrected chi connectivity index (χ3v) is 2.10. The van der Waals surface area contributed by atoms with Crippen molar-refractivity contribution in [2.75, 3.05) is 6.61 Å². The van der Waals surface area contributed by atoms with Crippen LogP contribution in [0.3, 0.4) is 0 Å². The van der Waals surface area contributed by atoms with Gasteiger partial charge in [-0.25, -0.2) is 4.79 Å². The minimum Gasteiger partial charge on any atom is -0.481 e. The summed E-state index contributed by atoms with van der Waals surface area (Å²) in [7, 11) is 0. The van der Waals surface area contributed by atoms with Crippen molar-refractivity contribution in [1.82, 2.24) is 4.90 Å². The largest absolute Gasteiger partial charge is 0.481 e. The maximum Gasteiger partial charge on any atom is 0.410 e. The van der Waals surface area contributed by atoms with Crippen LogP contribution in [0.15, 0.2) is 0 Å². The molecule has 0 aliphatic rings. The summed E-state index contributed by atoms with van der Waals surface area (Å²) < 4.78 is 4.93. The molecule has 1 N–H and O–H groups in total. The van der Waals surface area contributed by atoms with Crippen molar-refractivity contribution in [3.05, 3.63) is 0 Å². The first-order valence-corrected chi connectivity index (χ1v) is 5.38. The number of carboxylic acids is 1. The van der Waals surface area contributed by atoms with Gasteiger partial charge in [0.15, 0.2) is 0 Å². The molecule has 0 aromatic heterocycles. The summed E-state index contributed by atoms with van der Waals surface area (Å²) in [6.07, 6.45) is -0.556. The molecule has 5 nitrogen and oxygen atoms in total. The first kappa shape index (κ1) is 14.7. The molecule has 0 heterocycles. The molecule has 0 aliphatic heterocycles. The molecule has 0 aromatic carbocycles. The van der Waals surface area contributed by atoms with E-state index in [0.29, 0.717) is 0 Å². The van der Waals surface area contributed by atoms with Crippen LogP contribution >= 0.6 is 0 Å². The van der Waals surface area contributed by atoms with Crippen LogP contribution in [0.5, 0.6) is 0 Å². The number of amides is 1. The lowest BCUT2D eigenvalue weighted by Crippen LogP contribution is -2.51. The topological polar surface area (TPSA) is 66.8 Å². The molecule has 0 aliphatic carbocycles. The van der Waals surface area contributed by atoms with E-state index in [9.17, 15) is 9.59 Å². The summed E-state index contributed by atoms with van der Waals surface area (Å²) in [6.45, 7) is 9.26. The zero-order valence-electron chi connectivity index (χ0n) is 10.6. The molecule has 0 fully saturated rings. The standard InChI is InChI=1S/C11H21NO4/c1-6-16-10(15)12(11(3,4)5)8(2)7-9(13)14/h8H,6-7H2,1-5H3,(H,13,14). The third kappa shape index (κ3) is 4.51. The number of rotatable bonds is 4. The minimum absolute atomic E-state index is 0.0872. The van der Waals surface area contributed by atoms with E-state index in [2.05, 4.69) is 0 Å². The molecule has 0 saturated carbocycles. The van der Waals surface area contributed by atoms with Gasteiger partial charge in [0.2, 0.25) is 0 Å². The van der Waals surface area contributed by atoms with E-state index in [1.54, 1.807) is 13.8 Å². The Kier molecular flexibility index (Phi) is 5.27. The zero-order valence-corrected chi connectivity index (χ0v) is 10.6. The molecule has 0 rings (SSSR count). The summed E-state index contributed by atoms with van der Waals surface area (Å²) in [5.41, 5.74) is -0.457. The summed E-state index contributed by atoms with van der Waals surface area (Å²) in [5.74, 6) is -0.925. The fraction of sp³-hybridized carbons (Fsp3) is 0.818. The highest BCUT2D eigenvalue weighted by Gasteiger charge is 2.32. The number of hydrogen-bond donors (Lipinski definition) is 1. The van der Waals surface area contributed by atoms with Crippen molar-refractivity contribution >= 4 is 12.1 Å². The number of nitrogens with zero attached hydrogens (tertiary/aromatic N) is 1. The molecule has 5 heteroatoms. The minimum atomic E-state index is -0.925. The summed E-state index contributed by atoms with van der Waals surface area (Å²) in [6, 6.07) is -0.392. The maximum atomic E-state index is 11.7.